The molecule has 0 aromatic heterocycles. The fraction of sp³-hybridized carbons (Fsp3) is 0.737. The van der Waals surface area contributed by atoms with Gasteiger partial charge < -0.3 is 14.2 Å². The smallest absolute Gasteiger partial charge is 0.330 e. The van der Waals surface area contributed by atoms with Crippen LogP contribution in [0.4, 0.5) is 0 Å². The van der Waals surface area contributed by atoms with Gasteiger partial charge in [0.25, 0.3) is 0 Å². The van der Waals surface area contributed by atoms with E-state index < -0.39 is 12.1 Å². The summed E-state index contributed by atoms with van der Waals surface area (Å²) in [7, 11) is 0. The molecule has 0 aromatic carbocycles. The third-order valence-corrected chi connectivity index (χ3v) is 11.5. The molecule has 2 atom stereocenters. The number of unbranched alkanes of at least 4 members (excludes halogenated alkanes) is 24. The van der Waals surface area contributed by atoms with Crippen LogP contribution in [0.1, 0.15) is 245 Å². The summed E-state index contributed by atoms with van der Waals surface area (Å²) in [4.78, 5) is 42.6. The van der Waals surface area contributed by atoms with Gasteiger partial charge in [-0.2, -0.15) is 0 Å². The average molecular weight is 911 g/mol. The van der Waals surface area contributed by atoms with Crippen LogP contribution in [0.3, 0.4) is 0 Å². The van der Waals surface area contributed by atoms with Crippen molar-refractivity contribution in [2.45, 2.75) is 258 Å². The maximum atomic E-state index is 12.8. The first-order valence-electron chi connectivity index (χ1n) is 26.7. The van der Waals surface area contributed by atoms with E-state index >= 15 is 0 Å². The van der Waals surface area contributed by atoms with Crippen molar-refractivity contribution in [2.24, 2.45) is 0 Å². The van der Waals surface area contributed by atoms with Crippen LogP contribution in [0.25, 0.3) is 0 Å². The molecule has 0 aliphatic rings. The van der Waals surface area contributed by atoms with Crippen molar-refractivity contribution in [1.82, 2.24) is 0 Å². The molecule has 2 unspecified atom stereocenters. The Hall–Kier alpha value is -3.23. The highest BCUT2D eigenvalue weighted by Crippen LogP contribution is 2.15. The quantitative estimate of drug-likeness (QED) is 0.00940. The molecule has 0 aromatic rings. The largest absolute Gasteiger partial charge is 0.462 e. The van der Waals surface area contributed by atoms with Crippen LogP contribution in [0.15, 0.2) is 72.9 Å². The van der Waals surface area contributed by atoms with Crippen molar-refractivity contribution in [2.75, 3.05) is 13.2 Å². The number of hydrogen-bond donors (Lipinski definition) is 1. The first-order valence-corrected chi connectivity index (χ1v) is 26.7. The minimum absolute atomic E-state index is 0.152. The van der Waals surface area contributed by atoms with Crippen molar-refractivity contribution in [3.8, 4) is 0 Å². The Balaban J connectivity index is 4.65. The van der Waals surface area contributed by atoms with E-state index in [0.717, 1.165) is 103 Å². The molecular formula is C57H98O8. The summed E-state index contributed by atoms with van der Waals surface area (Å²) >= 11 is 0. The molecule has 0 spiro atoms. The third kappa shape index (κ3) is 48.5. The van der Waals surface area contributed by atoms with Gasteiger partial charge in [0.2, 0.25) is 0 Å². The fourth-order valence-electron chi connectivity index (χ4n) is 7.38. The van der Waals surface area contributed by atoms with Crippen LogP contribution in [0.5, 0.6) is 0 Å². The van der Waals surface area contributed by atoms with Crippen LogP contribution in [0.2, 0.25) is 0 Å². The van der Waals surface area contributed by atoms with Gasteiger partial charge in [-0.25, -0.2) is 9.68 Å². The lowest BCUT2D eigenvalue weighted by Gasteiger charge is -2.18. The van der Waals surface area contributed by atoms with Gasteiger partial charge >= 0.3 is 17.9 Å². The molecule has 0 amide bonds. The van der Waals surface area contributed by atoms with E-state index in [4.69, 9.17) is 14.2 Å². The number of carbonyl (C=O) groups is 3. The number of esters is 3. The predicted octanol–water partition coefficient (Wildman–Crippen LogP) is 16.9. The Morgan fingerprint density at radius 2 is 0.862 bits per heavy atom. The normalized spacial score (nSPS) is 13.1. The second-order valence-corrected chi connectivity index (χ2v) is 17.8. The molecule has 0 radical (unpaired) electrons. The molecule has 1 N–H and O–H groups in total. The van der Waals surface area contributed by atoms with Gasteiger partial charge in [-0.1, -0.05) is 210 Å². The van der Waals surface area contributed by atoms with Crippen LogP contribution >= 0.6 is 0 Å². The summed E-state index contributed by atoms with van der Waals surface area (Å²) in [5.74, 6) is -1.29. The molecule has 0 aliphatic carbocycles. The average Bonchev–Trinajstić information content (AvgIpc) is 3.31. The number of allylic oxidation sites excluding steroid dienone is 11. The summed E-state index contributed by atoms with van der Waals surface area (Å²) in [6.45, 7) is 6.35. The Morgan fingerprint density at radius 1 is 0.415 bits per heavy atom. The molecule has 8 nitrogen and oxygen atoms in total. The van der Waals surface area contributed by atoms with E-state index in [1.165, 1.54) is 115 Å². The van der Waals surface area contributed by atoms with E-state index in [-0.39, 0.29) is 37.7 Å². The zero-order valence-corrected chi connectivity index (χ0v) is 42.1. The van der Waals surface area contributed by atoms with E-state index in [9.17, 15) is 19.6 Å². The van der Waals surface area contributed by atoms with Crippen molar-refractivity contribution < 1.29 is 38.7 Å². The van der Waals surface area contributed by atoms with Gasteiger partial charge in [0.15, 0.2) is 6.10 Å². The Morgan fingerprint density at radius 3 is 1.43 bits per heavy atom. The van der Waals surface area contributed by atoms with Crippen molar-refractivity contribution >= 4 is 17.9 Å². The Bertz CT molecular complexity index is 1250. The number of ether oxygens (including phenoxy) is 3. The Kier molecular flexibility index (Phi) is 49.2. The third-order valence-electron chi connectivity index (χ3n) is 11.5. The van der Waals surface area contributed by atoms with Gasteiger partial charge in [-0.3, -0.25) is 14.8 Å². The summed E-state index contributed by atoms with van der Waals surface area (Å²) in [6.07, 6.45) is 60.7. The predicted molar refractivity (Wildman–Crippen MR) is 273 cm³/mol. The summed E-state index contributed by atoms with van der Waals surface area (Å²) in [6, 6.07) is 0. The first-order chi connectivity index (χ1) is 32.0. The molecule has 0 saturated heterocycles. The van der Waals surface area contributed by atoms with E-state index in [1.54, 1.807) is 12.2 Å². The molecule has 374 valence electrons. The second kappa shape index (κ2) is 51.7. The van der Waals surface area contributed by atoms with Crippen molar-refractivity contribution in [3.05, 3.63) is 72.9 Å². The van der Waals surface area contributed by atoms with Gasteiger partial charge in [-0.15, -0.1) is 0 Å². The van der Waals surface area contributed by atoms with Crippen LogP contribution in [-0.4, -0.2) is 48.6 Å². The van der Waals surface area contributed by atoms with Gasteiger partial charge in [0.05, 0.1) is 6.10 Å². The van der Waals surface area contributed by atoms with E-state index in [1.807, 2.05) is 18.2 Å². The highest BCUT2D eigenvalue weighted by atomic mass is 17.1. The van der Waals surface area contributed by atoms with Gasteiger partial charge in [-0.05, 0) is 89.9 Å². The van der Waals surface area contributed by atoms with Crippen LogP contribution in [-0.2, 0) is 33.5 Å². The lowest BCUT2D eigenvalue weighted by Crippen LogP contribution is -2.30. The minimum atomic E-state index is -0.873. The zero-order chi connectivity index (χ0) is 47.4. The molecule has 0 saturated carbocycles. The summed E-state index contributed by atoms with van der Waals surface area (Å²) < 4.78 is 16.6. The Labute approximate surface area is 399 Å². The molecule has 65 heavy (non-hydrogen) atoms. The summed E-state index contributed by atoms with van der Waals surface area (Å²) in [5, 5.41) is 9.24. The lowest BCUT2D eigenvalue weighted by molar-refractivity contribution is -0.281. The van der Waals surface area contributed by atoms with E-state index in [2.05, 4.69) is 62.1 Å². The molecule has 0 heterocycles. The highest BCUT2D eigenvalue weighted by molar-refractivity contribution is 5.82. The SMILES string of the molecule is CCCCC/C=C\C/C=C\CCCCCCCC(=O)OC(COC(=O)C=CC=CC=CCCC(CCCCCCCC)OO)COC(=O)CCCCCCC/C=C\CCCCCCCC. The summed E-state index contributed by atoms with van der Waals surface area (Å²) in [5.41, 5.74) is 0. The van der Waals surface area contributed by atoms with Crippen molar-refractivity contribution in [3.63, 3.8) is 0 Å². The number of carbonyl (C=O) groups excluding carboxylic acids is 3. The maximum absolute atomic E-state index is 12.8. The maximum Gasteiger partial charge on any atom is 0.330 e. The van der Waals surface area contributed by atoms with Crippen LogP contribution in [0, 0.1) is 0 Å². The van der Waals surface area contributed by atoms with E-state index in [0.29, 0.717) is 6.42 Å². The molecule has 0 aliphatic heterocycles. The molecular weight excluding hydrogens is 813 g/mol. The standard InChI is InChI=1S/C57H98O8/c1-4-7-10-13-16-18-20-22-24-26-28-30-32-38-43-48-55(58)62-51-54(64-57(60)50-45-40-33-31-29-27-25-23-21-19-17-14-11-8-5-2)52-63-56(59)49-44-39-35-34-37-42-47-53(65-61)46-41-36-15-12-9-6-3/h17,19,22-25,34-35,37,39,44,49,53-54,61H,4-16,18,20-21,26-33,36,38,40-43,45-48,50-52H2,1-3H3/b19-17-,24-22-,25-23-,37-34?,39-35?,49-44?. The zero-order valence-electron chi connectivity index (χ0n) is 42.1. The number of hydrogen-bond acceptors (Lipinski definition) is 8. The highest BCUT2D eigenvalue weighted by Gasteiger charge is 2.19. The number of rotatable bonds is 48. The second-order valence-electron chi connectivity index (χ2n) is 17.8. The molecule has 0 fully saturated rings. The lowest BCUT2D eigenvalue weighted by atomic mass is 10.0. The van der Waals surface area contributed by atoms with Crippen molar-refractivity contribution in [1.29, 1.82) is 0 Å². The molecule has 0 bridgehead atoms. The molecule has 8 heteroatoms. The molecule has 0 rings (SSSR count). The van der Waals surface area contributed by atoms with Crippen LogP contribution < -0.4 is 0 Å². The van der Waals surface area contributed by atoms with Gasteiger partial charge in [0.1, 0.15) is 13.2 Å². The first kappa shape index (κ1) is 61.8. The fourth-order valence-corrected chi connectivity index (χ4v) is 7.38. The minimum Gasteiger partial charge on any atom is -0.462 e. The van der Waals surface area contributed by atoms with Gasteiger partial charge in [0, 0.05) is 18.9 Å². The monoisotopic (exact) mass is 911 g/mol. The topological polar surface area (TPSA) is 108 Å².